The van der Waals surface area contributed by atoms with E-state index in [2.05, 4.69) is 38.4 Å². The Balaban J connectivity index is 1.53. The lowest BCUT2D eigenvalue weighted by molar-refractivity contribution is 0.290. The first kappa shape index (κ1) is 17.5. The van der Waals surface area contributed by atoms with Gasteiger partial charge in [0, 0.05) is 42.6 Å². The zero-order valence-electron chi connectivity index (χ0n) is 16.4. The molecule has 2 atom stereocenters. The van der Waals surface area contributed by atoms with Crippen molar-refractivity contribution in [2.75, 3.05) is 18.0 Å². The third-order valence-electron chi connectivity index (χ3n) is 6.22. The van der Waals surface area contributed by atoms with Gasteiger partial charge in [0.05, 0.1) is 11.0 Å². The minimum atomic E-state index is -0.264. The van der Waals surface area contributed by atoms with Crippen LogP contribution in [0, 0.1) is 5.82 Å². The molecule has 0 spiro atoms. The number of hydrogen-bond acceptors (Lipinski definition) is 5. The largest absolute Gasteiger partial charge is 0.366 e. The van der Waals surface area contributed by atoms with Gasteiger partial charge in [0.25, 0.3) is 0 Å². The van der Waals surface area contributed by atoms with Gasteiger partial charge in [0.1, 0.15) is 23.8 Å². The number of nitrogens with one attached hydrogen (secondary N) is 1. The zero-order chi connectivity index (χ0) is 20.1. The number of piperazine rings is 1. The molecule has 7 rings (SSSR count). The van der Waals surface area contributed by atoms with Gasteiger partial charge in [-0.25, -0.2) is 19.3 Å². The van der Waals surface area contributed by atoms with Gasteiger partial charge < -0.3 is 10.2 Å². The number of nitrogens with zero attached hydrogens (tertiary/aromatic N) is 5. The molecule has 2 unspecified atom stereocenters. The Hall–Kier alpha value is -3.32. The first-order valence-electron chi connectivity index (χ1n) is 10.3. The molecule has 150 valence electrons. The SMILES string of the molecule is Fc1ccc(-c2nc3ccc(N4CC5CCC4CN5)cc3n2-c2ccncn2)cc1. The highest BCUT2D eigenvalue weighted by Gasteiger charge is 2.33. The summed E-state index contributed by atoms with van der Waals surface area (Å²) in [5.74, 6) is 1.22. The molecule has 3 fully saturated rings. The molecule has 0 aliphatic carbocycles. The Morgan fingerprint density at radius 1 is 1.03 bits per heavy atom. The summed E-state index contributed by atoms with van der Waals surface area (Å²) in [6.07, 6.45) is 5.73. The van der Waals surface area contributed by atoms with E-state index in [-0.39, 0.29) is 5.82 Å². The second kappa shape index (κ2) is 6.88. The second-order valence-electron chi connectivity index (χ2n) is 8.01. The van der Waals surface area contributed by atoms with Gasteiger partial charge >= 0.3 is 0 Å². The van der Waals surface area contributed by atoms with E-state index in [0.717, 1.165) is 41.3 Å². The van der Waals surface area contributed by atoms with E-state index in [1.165, 1.54) is 37.0 Å². The van der Waals surface area contributed by atoms with Crippen molar-refractivity contribution in [3.05, 3.63) is 66.9 Å². The molecule has 4 aromatic rings. The first-order chi connectivity index (χ1) is 14.8. The van der Waals surface area contributed by atoms with Crippen molar-refractivity contribution in [2.45, 2.75) is 24.9 Å². The molecule has 2 bridgehead atoms. The molecule has 2 aromatic heterocycles. The van der Waals surface area contributed by atoms with Crippen LogP contribution in [-0.4, -0.2) is 44.7 Å². The third-order valence-corrected chi connectivity index (χ3v) is 6.22. The molecule has 1 N–H and O–H groups in total. The van der Waals surface area contributed by atoms with Crippen molar-refractivity contribution in [3.8, 4) is 17.2 Å². The van der Waals surface area contributed by atoms with Crippen LogP contribution in [0.5, 0.6) is 0 Å². The summed E-state index contributed by atoms with van der Waals surface area (Å²) in [7, 11) is 0. The number of piperidine rings is 2. The minimum Gasteiger partial charge on any atom is -0.366 e. The molecule has 0 amide bonds. The molecule has 2 aromatic carbocycles. The summed E-state index contributed by atoms with van der Waals surface area (Å²) in [4.78, 5) is 15.9. The van der Waals surface area contributed by atoms with Crippen LogP contribution in [0.25, 0.3) is 28.2 Å². The fourth-order valence-electron chi connectivity index (χ4n) is 4.71. The van der Waals surface area contributed by atoms with Crippen LogP contribution in [0.3, 0.4) is 0 Å². The standard InChI is InChI=1S/C23H21FN6/c24-16-3-1-15(2-4-16)23-28-20-8-7-18(29-13-17-5-6-19(29)12-26-17)11-21(20)30(23)22-9-10-25-14-27-22/h1-4,7-11,14,17,19,26H,5-6,12-13H2. The number of anilines is 1. The van der Waals surface area contributed by atoms with Crippen molar-refractivity contribution >= 4 is 16.7 Å². The fraction of sp³-hybridized carbons (Fsp3) is 0.261. The van der Waals surface area contributed by atoms with Gasteiger partial charge in [0.2, 0.25) is 0 Å². The quantitative estimate of drug-likeness (QED) is 0.570. The Bertz CT molecular complexity index is 1200. The normalized spacial score (nSPS) is 20.8. The number of benzene rings is 2. The highest BCUT2D eigenvalue weighted by atomic mass is 19.1. The van der Waals surface area contributed by atoms with Crippen molar-refractivity contribution in [1.29, 1.82) is 0 Å². The summed E-state index contributed by atoms with van der Waals surface area (Å²) in [6.45, 7) is 2.07. The number of fused-ring (bicyclic) bond motifs is 4. The van der Waals surface area contributed by atoms with Gasteiger partial charge in [-0.15, -0.1) is 0 Å². The summed E-state index contributed by atoms with van der Waals surface area (Å²) >= 11 is 0. The average molecular weight is 400 g/mol. The van der Waals surface area contributed by atoms with Crippen molar-refractivity contribution < 1.29 is 4.39 Å². The number of aromatic nitrogens is 4. The topological polar surface area (TPSA) is 58.9 Å². The van der Waals surface area contributed by atoms with Crippen molar-refractivity contribution in [2.24, 2.45) is 0 Å². The maximum atomic E-state index is 13.5. The van der Waals surface area contributed by atoms with E-state index in [0.29, 0.717) is 12.1 Å². The predicted octanol–water partition coefficient (Wildman–Crippen LogP) is 3.56. The van der Waals surface area contributed by atoms with E-state index in [1.54, 1.807) is 18.3 Å². The predicted molar refractivity (Wildman–Crippen MR) is 114 cm³/mol. The molecule has 30 heavy (non-hydrogen) atoms. The van der Waals surface area contributed by atoms with Gasteiger partial charge in [-0.1, -0.05) is 0 Å². The Morgan fingerprint density at radius 3 is 2.63 bits per heavy atom. The Kier molecular flexibility index (Phi) is 4.02. The number of imidazole rings is 1. The maximum absolute atomic E-state index is 13.5. The van der Waals surface area contributed by atoms with E-state index >= 15 is 0 Å². The molecule has 5 heterocycles. The van der Waals surface area contributed by atoms with Crippen molar-refractivity contribution in [3.63, 3.8) is 0 Å². The molecule has 6 nitrogen and oxygen atoms in total. The van der Waals surface area contributed by atoms with Gasteiger partial charge in [-0.05, 0) is 61.4 Å². The van der Waals surface area contributed by atoms with Gasteiger partial charge in [0.15, 0.2) is 0 Å². The van der Waals surface area contributed by atoms with E-state index in [4.69, 9.17) is 4.98 Å². The van der Waals surface area contributed by atoms with E-state index < -0.39 is 0 Å². The van der Waals surface area contributed by atoms with Crippen LogP contribution < -0.4 is 10.2 Å². The fourth-order valence-corrected chi connectivity index (χ4v) is 4.71. The molecular formula is C23H21FN6. The molecule has 0 saturated carbocycles. The molecule has 7 heteroatoms. The van der Waals surface area contributed by atoms with Crippen LogP contribution >= 0.6 is 0 Å². The third kappa shape index (κ3) is 2.85. The minimum absolute atomic E-state index is 0.264. The molecule has 3 saturated heterocycles. The summed E-state index contributed by atoms with van der Waals surface area (Å²) in [5, 5.41) is 3.62. The summed E-state index contributed by atoms with van der Waals surface area (Å²) < 4.78 is 15.5. The summed E-state index contributed by atoms with van der Waals surface area (Å²) in [5.41, 5.74) is 3.92. The monoisotopic (exact) mass is 400 g/mol. The lowest BCUT2D eigenvalue weighted by Crippen LogP contribution is -2.61. The highest BCUT2D eigenvalue weighted by Crippen LogP contribution is 2.33. The number of hydrogen-bond donors (Lipinski definition) is 1. The van der Waals surface area contributed by atoms with Gasteiger partial charge in [-0.3, -0.25) is 4.57 Å². The van der Waals surface area contributed by atoms with E-state index in [9.17, 15) is 4.39 Å². The van der Waals surface area contributed by atoms with Crippen LogP contribution in [0.2, 0.25) is 0 Å². The number of rotatable bonds is 3. The molecule has 3 aliphatic rings. The smallest absolute Gasteiger partial charge is 0.146 e. The Morgan fingerprint density at radius 2 is 1.93 bits per heavy atom. The zero-order valence-corrected chi connectivity index (χ0v) is 16.4. The average Bonchev–Trinajstić information content (AvgIpc) is 3.19. The van der Waals surface area contributed by atoms with Crippen LogP contribution in [0.15, 0.2) is 61.1 Å². The molecule has 0 radical (unpaired) electrons. The summed E-state index contributed by atoms with van der Waals surface area (Å²) in [6, 6.07) is 15.8. The second-order valence-corrected chi connectivity index (χ2v) is 8.01. The first-order valence-corrected chi connectivity index (χ1v) is 10.3. The van der Waals surface area contributed by atoms with Crippen LogP contribution in [-0.2, 0) is 0 Å². The van der Waals surface area contributed by atoms with Crippen LogP contribution in [0.4, 0.5) is 10.1 Å². The molecular weight excluding hydrogens is 379 g/mol. The van der Waals surface area contributed by atoms with Crippen molar-refractivity contribution in [1.82, 2.24) is 24.8 Å². The maximum Gasteiger partial charge on any atom is 0.146 e. The van der Waals surface area contributed by atoms with Crippen LogP contribution in [0.1, 0.15) is 12.8 Å². The lowest BCUT2D eigenvalue weighted by Gasteiger charge is -2.47. The lowest BCUT2D eigenvalue weighted by atomic mass is 9.92. The van der Waals surface area contributed by atoms with Gasteiger partial charge in [-0.2, -0.15) is 0 Å². The molecule has 3 aliphatic heterocycles. The highest BCUT2D eigenvalue weighted by molar-refractivity contribution is 5.86. The number of halogens is 1. The van der Waals surface area contributed by atoms with E-state index in [1.807, 2.05) is 10.6 Å². The Labute approximate surface area is 173 Å².